The zero-order chi connectivity index (χ0) is 11.7. The van der Waals surface area contributed by atoms with Gasteiger partial charge in [0.1, 0.15) is 0 Å². The molecule has 5 nitrogen and oxygen atoms in total. The summed E-state index contributed by atoms with van der Waals surface area (Å²) in [5.41, 5.74) is 2.35. The van der Waals surface area contributed by atoms with E-state index in [9.17, 15) is 9.59 Å². The standard InChI is InChI=1S/C11H13N3O2/c1-3-9-8(6-14(2)13-9)4-7-5-10(15)12-11(7)16/h4,6H,3,5H2,1-2H3,(H,12,15,16)/b7-4-. The minimum absolute atomic E-state index is 0.164. The normalized spacial score (nSPS) is 18.2. The van der Waals surface area contributed by atoms with Gasteiger partial charge in [0.25, 0.3) is 5.91 Å². The van der Waals surface area contributed by atoms with Gasteiger partial charge in [-0.15, -0.1) is 0 Å². The van der Waals surface area contributed by atoms with Crippen LogP contribution in [0.4, 0.5) is 0 Å². The van der Waals surface area contributed by atoms with Gasteiger partial charge in [0, 0.05) is 24.4 Å². The van der Waals surface area contributed by atoms with E-state index in [1.807, 2.05) is 20.2 Å². The summed E-state index contributed by atoms with van der Waals surface area (Å²) in [5, 5.41) is 6.53. The van der Waals surface area contributed by atoms with Gasteiger partial charge in [0.2, 0.25) is 5.91 Å². The van der Waals surface area contributed by atoms with E-state index in [-0.39, 0.29) is 18.2 Å². The van der Waals surface area contributed by atoms with Crippen LogP contribution in [0.3, 0.4) is 0 Å². The molecular weight excluding hydrogens is 206 g/mol. The van der Waals surface area contributed by atoms with Crippen LogP contribution in [0, 0.1) is 0 Å². The quantitative estimate of drug-likeness (QED) is 0.579. The summed E-state index contributed by atoms with van der Waals surface area (Å²) in [6, 6.07) is 0. The fourth-order valence-corrected chi connectivity index (χ4v) is 1.76. The monoisotopic (exact) mass is 219 g/mol. The largest absolute Gasteiger partial charge is 0.292 e. The van der Waals surface area contributed by atoms with E-state index >= 15 is 0 Å². The third-order valence-corrected chi connectivity index (χ3v) is 2.50. The number of carbonyl (C=O) groups is 2. The molecule has 2 heterocycles. The Hall–Kier alpha value is -1.91. The van der Waals surface area contributed by atoms with Gasteiger partial charge in [-0.1, -0.05) is 6.92 Å². The van der Waals surface area contributed by atoms with Crippen LogP contribution in [-0.4, -0.2) is 21.6 Å². The third-order valence-electron chi connectivity index (χ3n) is 2.50. The molecule has 1 aliphatic rings. The topological polar surface area (TPSA) is 64.0 Å². The Labute approximate surface area is 93.1 Å². The van der Waals surface area contributed by atoms with Crippen molar-refractivity contribution in [1.29, 1.82) is 0 Å². The van der Waals surface area contributed by atoms with Gasteiger partial charge in [-0.3, -0.25) is 19.6 Å². The maximum absolute atomic E-state index is 11.4. The molecule has 16 heavy (non-hydrogen) atoms. The van der Waals surface area contributed by atoms with Crippen LogP contribution in [0.25, 0.3) is 6.08 Å². The molecule has 0 unspecified atom stereocenters. The Morgan fingerprint density at radius 1 is 1.56 bits per heavy atom. The van der Waals surface area contributed by atoms with Crippen molar-refractivity contribution < 1.29 is 9.59 Å². The van der Waals surface area contributed by atoms with Crippen LogP contribution in [0.5, 0.6) is 0 Å². The van der Waals surface area contributed by atoms with Crippen LogP contribution < -0.4 is 5.32 Å². The van der Waals surface area contributed by atoms with Crippen molar-refractivity contribution in [2.45, 2.75) is 19.8 Å². The first-order chi connectivity index (χ1) is 7.60. The van der Waals surface area contributed by atoms with Crippen LogP contribution in [-0.2, 0) is 23.1 Å². The SMILES string of the molecule is CCc1nn(C)cc1/C=C1/CC(=O)NC1=O. The van der Waals surface area contributed by atoms with Crippen molar-refractivity contribution in [3.8, 4) is 0 Å². The number of aryl methyl sites for hydroxylation is 2. The Balaban J connectivity index is 2.35. The number of nitrogens with one attached hydrogen (secondary N) is 1. The molecule has 1 N–H and O–H groups in total. The van der Waals surface area contributed by atoms with Gasteiger partial charge in [-0.25, -0.2) is 0 Å². The number of hydrogen-bond donors (Lipinski definition) is 1. The van der Waals surface area contributed by atoms with Crippen LogP contribution >= 0.6 is 0 Å². The van der Waals surface area contributed by atoms with Crippen LogP contribution in [0.2, 0.25) is 0 Å². The number of aromatic nitrogens is 2. The molecule has 1 aromatic heterocycles. The predicted molar refractivity (Wildman–Crippen MR) is 58.3 cm³/mol. The van der Waals surface area contributed by atoms with Crippen LogP contribution in [0.1, 0.15) is 24.6 Å². The molecule has 0 bridgehead atoms. The predicted octanol–water partition coefficient (Wildman–Crippen LogP) is 0.412. The van der Waals surface area contributed by atoms with E-state index in [2.05, 4.69) is 10.4 Å². The maximum atomic E-state index is 11.4. The van der Waals surface area contributed by atoms with Crippen molar-refractivity contribution in [3.05, 3.63) is 23.0 Å². The average Bonchev–Trinajstić information content (AvgIpc) is 2.71. The molecule has 1 aromatic rings. The summed E-state index contributed by atoms with van der Waals surface area (Å²) < 4.78 is 1.71. The average molecular weight is 219 g/mol. The van der Waals surface area contributed by atoms with E-state index in [0.29, 0.717) is 5.57 Å². The zero-order valence-electron chi connectivity index (χ0n) is 9.28. The molecule has 0 aliphatic carbocycles. The van der Waals surface area contributed by atoms with Gasteiger partial charge in [0.15, 0.2) is 0 Å². The molecule has 1 aliphatic heterocycles. The summed E-state index contributed by atoms with van der Waals surface area (Å²) in [5.74, 6) is -0.533. The molecule has 2 rings (SSSR count). The van der Waals surface area contributed by atoms with E-state index in [0.717, 1.165) is 17.7 Å². The lowest BCUT2D eigenvalue weighted by Crippen LogP contribution is -2.19. The fourth-order valence-electron chi connectivity index (χ4n) is 1.76. The number of amides is 2. The summed E-state index contributed by atoms with van der Waals surface area (Å²) in [4.78, 5) is 22.4. The highest BCUT2D eigenvalue weighted by Gasteiger charge is 2.24. The molecular formula is C11H13N3O2. The van der Waals surface area contributed by atoms with Crippen molar-refractivity contribution in [1.82, 2.24) is 15.1 Å². The first kappa shape index (κ1) is 10.6. The second kappa shape index (κ2) is 3.92. The van der Waals surface area contributed by atoms with Crippen molar-refractivity contribution in [3.63, 3.8) is 0 Å². The maximum Gasteiger partial charge on any atom is 0.254 e. The van der Waals surface area contributed by atoms with Gasteiger partial charge < -0.3 is 0 Å². The van der Waals surface area contributed by atoms with Gasteiger partial charge in [-0.2, -0.15) is 5.10 Å². The summed E-state index contributed by atoms with van der Waals surface area (Å²) >= 11 is 0. The lowest BCUT2D eigenvalue weighted by atomic mass is 10.1. The number of rotatable bonds is 2. The Morgan fingerprint density at radius 3 is 2.88 bits per heavy atom. The molecule has 0 aromatic carbocycles. The fraction of sp³-hybridized carbons (Fsp3) is 0.364. The Morgan fingerprint density at radius 2 is 2.31 bits per heavy atom. The Bertz CT molecular complexity index is 485. The highest BCUT2D eigenvalue weighted by Crippen LogP contribution is 2.17. The van der Waals surface area contributed by atoms with Gasteiger partial charge in [-0.05, 0) is 12.5 Å². The Kier molecular flexibility index (Phi) is 2.60. The molecule has 0 radical (unpaired) electrons. The second-order valence-corrected chi connectivity index (χ2v) is 3.78. The number of nitrogens with zero attached hydrogens (tertiary/aromatic N) is 2. The van der Waals surface area contributed by atoms with E-state index < -0.39 is 0 Å². The molecule has 0 saturated carbocycles. The first-order valence-electron chi connectivity index (χ1n) is 5.17. The lowest BCUT2D eigenvalue weighted by molar-refractivity contribution is -0.124. The lowest BCUT2D eigenvalue weighted by Gasteiger charge is -1.93. The van der Waals surface area contributed by atoms with Crippen molar-refractivity contribution >= 4 is 17.9 Å². The molecule has 0 spiro atoms. The number of hydrogen-bond acceptors (Lipinski definition) is 3. The summed E-state index contributed by atoms with van der Waals surface area (Å²) in [7, 11) is 1.83. The van der Waals surface area contributed by atoms with Crippen molar-refractivity contribution in [2.24, 2.45) is 7.05 Å². The molecule has 1 saturated heterocycles. The number of imide groups is 1. The zero-order valence-corrected chi connectivity index (χ0v) is 9.28. The minimum atomic E-state index is -0.295. The number of carbonyl (C=O) groups excluding carboxylic acids is 2. The third kappa shape index (κ3) is 1.88. The molecule has 0 atom stereocenters. The summed E-state index contributed by atoms with van der Waals surface area (Å²) in [6.45, 7) is 2.00. The minimum Gasteiger partial charge on any atom is -0.292 e. The highest BCUT2D eigenvalue weighted by atomic mass is 16.2. The first-order valence-corrected chi connectivity index (χ1v) is 5.17. The molecule has 1 fully saturated rings. The van der Waals surface area contributed by atoms with E-state index in [1.165, 1.54) is 0 Å². The van der Waals surface area contributed by atoms with Gasteiger partial charge in [0.05, 0.1) is 12.1 Å². The van der Waals surface area contributed by atoms with E-state index in [4.69, 9.17) is 0 Å². The summed E-state index contributed by atoms with van der Waals surface area (Å²) in [6.07, 6.45) is 4.56. The van der Waals surface area contributed by atoms with Crippen LogP contribution in [0.15, 0.2) is 11.8 Å². The highest BCUT2D eigenvalue weighted by molar-refractivity contribution is 6.15. The molecule has 2 amide bonds. The molecule has 84 valence electrons. The van der Waals surface area contributed by atoms with Gasteiger partial charge >= 0.3 is 0 Å². The molecule has 5 heteroatoms. The van der Waals surface area contributed by atoms with E-state index in [1.54, 1.807) is 10.8 Å². The smallest absolute Gasteiger partial charge is 0.254 e. The second-order valence-electron chi connectivity index (χ2n) is 3.78. The van der Waals surface area contributed by atoms with Crippen molar-refractivity contribution in [2.75, 3.05) is 0 Å².